The van der Waals surface area contributed by atoms with Gasteiger partial charge in [-0.1, -0.05) is 18.2 Å². The van der Waals surface area contributed by atoms with Crippen molar-refractivity contribution in [3.05, 3.63) is 48.5 Å². The summed E-state index contributed by atoms with van der Waals surface area (Å²) in [5.41, 5.74) is 2.45. The van der Waals surface area contributed by atoms with Gasteiger partial charge in [-0.15, -0.1) is 11.8 Å². The van der Waals surface area contributed by atoms with Gasteiger partial charge in [0.05, 0.1) is 22.8 Å². The van der Waals surface area contributed by atoms with Crippen molar-refractivity contribution in [1.29, 1.82) is 0 Å². The molecule has 1 aliphatic rings. The van der Waals surface area contributed by atoms with Gasteiger partial charge in [0.25, 0.3) is 0 Å². The highest BCUT2D eigenvalue weighted by molar-refractivity contribution is 8.00. The summed E-state index contributed by atoms with van der Waals surface area (Å²) in [6.45, 7) is 0. The Morgan fingerprint density at radius 1 is 1.00 bits per heavy atom. The Bertz CT molecular complexity index is 640. The minimum atomic E-state index is 0.0381. The van der Waals surface area contributed by atoms with E-state index in [1.165, 1.54) is 11.8 Å². The zero-order chi connectivity index (χ0) is 13.1. The number of thioether (sulfide) groups is 1. The standard InChI is InChI=1S/C14H11N3OS/c18-14-9-19-13-8-11(6-7-12(13)15-14)17-16-10-4-2-1-3-5-10/h1-8H,9H2,(H,15,18). The first-order chi connectivity index (χ1) is 9.31. The van der Waals surface area contributed by atoms with E-state index in [2.05, 4.69) is 15.5 Å². The minimum Gasteiger partial charge on any atom is -0.324 e. The number of carbonyl (C=O) groups excluding carboxylic acids is 1. The Morgan fingerprint density at radius 3 is 2.63 bits per heavy atom. The molecule has 0 saturated heterocycles. The van der Waals surface area contributed by atoms with Gasteiger partial charge in [-0.25, -0.2) is 0 Å². The maximum absolute atomic E-state index is 11.2. The molecule has 94 valence electrons. The molecule has 2 aromatic rings. The van der Waals surface area contributed by atoms with Gasteiger partial charge in [-0.3, -0.25) is 4.79 Å². The molecule has 3 rings (SSSR count). The van der Waals surface area contributed by atoms with Crippen LogP contribution in [0.25, 0.3) is 0 Å². The van der Waals surface area contributed by atoms with Crippen molar-refractivity contribution in [2.75, 3.05) is 11.1 Å². The highest BCUT2D eigenvalue weighted by Crippen LogP contribution is 2.34. The molecule has 5 heteroatoms. The molecule has 1 amide bonds. The van der Waals surface area contributed by atoms with Crippen molar-refractivity contribution in [2.24, 2.45) is 10.2 Å². The Morgan fingerprint density at radius 2 is 1.79 bits per heavy atom. The molecule has 19 heavy (non-hydrogen) atoms. The number of fused-ring (bicyclic) bond motifs is 1. The number of benzene rings is 2. The predicted molar refractivity (Wildman–Crippen MR) is 76.4 cm³/mol. The van der Waals surface area contributed by atoms with Gasteiger partial charge in [-0.05, 0) is 30.3 Å². The molecular weight excluding hydrogens is 258 g/mol. The Hall–Kier alpha value is -2.14. The van der Waals surface area contributed by atoms with Crippen molar-refractivity contribution >= 4 is 34.7 Å². The number of rotatable bonds is 2. The van der Waals surface area contributed by atoms with Crippen LogP contribution < -0.4 is 5.32 Å². The van der Waals surface area contributed by atoms with Crippen LogP contribution in [0.3, 0.4) is 0 Å². The summed E-state index contributed by atoms with van der Waals surface area (Å²) in [5.74, 6) is 0.489. The van der Waals surface area contributed by atoms with E-state index in [0.29, 0.717) is 5.75 Å². The first kappa shape index (κ1) is 11.9. The zero-order valence-corrected chi connectivity index (χ0v) is 10.9. The second-order valence-corrected chi connectivity index (χ2v) is 5.07. The Labute approximate surface area is 114 Å². The molecule has 0 saturated carbocycles. The molecule has 0 fully saturated rings. The second kappa shape index (κ2) is 5.24. The fourth-order valence-electron chi connectivity index (χ4n) is 1.74. The van der Waals surface area contributed by atoms with Gasteiger partial charge in [-0.2, -0.15) is 10.2 Å². The van der Waals surface area contributed by atoms with Crippen molar-refractivity contribution in [1.82, 2.24) is 0 Å². The SMILES string of the molecule is O=C1CSc2cc(N=Nc3ccccc3)ccc2N1. The van der Waals surface area contributed by atoms with Gasteiger partial charge in [0.1, 0.15) is 0 Å². The number of nitrogens with one attached hydrogen (secondary N) is 1. The zero-order valence-electron chi connectivity index (χ0n) is 10.0. The van der Waals surface area contributed by atoms with Gasteiger partial charge >= 0.3 is 0 Å². The maximum atomic E-state index is 11.2. The summed E-state index contributed by atoms with van der Waals surface area (Å²) in [6.07, 6.45) is 0. The number of carbonyl (C=O) groups is 1. The highest BCUT2D eigenvalue weighted by atomic mass is 32.2. The largest absolute Gasteiger partial charge is 0.324 e. The van der Waals surface area contributed by atoms with Crippen LogP contribution in [0, 0.1) is 0 Å². The lowest BCUT2D eigenvalue weighted by molar-refractivity contribution is -0.113. The fraction of sp³-hybridized carbons (Fsp3) is 0.0714. The number of amides is 1. The third-order valence-corrected chi connectivity index (χ3v) is 3.69. The fourth-order valence-corrected chi connectivity index (χ4v) is 2.57. The molecule has 0 spiro atoms. The van der Waals surface area contributed by atoms with E-state index in [9.17, 15) is 4.79 Å². The quantitative estimate of drug-likeness (QED) is 0.833. The van der Waals surface area contributed by atoms with Crippen LogP contribution in [0.2, 0.25) is 0 Å². The van der Waals surface area contributed by atoms with Crippen LogP contribution in [0.1, 0.15) is 0 Å². The average Bonchev–Trinajstić information content (AvgIpc) is 2.46. The minimum absolute atomic E-state index is 0.0381. The summed E-state index contributed by atoms with van der Waals surface area (Å²) in [6, 6.07) is 15.2. The van der Waals surface area contributed by atoms with Crippen LogP contribution in [-0.4, -0.2) is 11.7 Å². The lowest BCUT2D eigenvalue weighted by Crippen LogP contribution is -2.18. The molecule has 0 unspecified atom stereocenters. The van der Waals surface area contributed by atoms with E-state index in [1.54, 1.807) is 0 Å². The Kier molecular flexibility index (Phi) is 3.29. The first-order valence-electron chi connectivity index (χ1n) is 5.85. The van der Waals surface area contributed by atoms with Gasteiger partial charge in [0.2, 0.25) is 5.91 Å². The van der Waals surface area contributed by atoms with E-state index in [4.69, 9.17) is 0 Å². The number of hydrogen-bond donors (Lipinski definition) is 1. The first-order valence-corrected chi connectivity index (χ1v) is 6.83. The van der Waals surface area contributed by atoms with Crippen molar-refractivity contribution in [3.8, 4) is 0 Å². The predicted octanol–water partition coefficient (Wildman–Crippen LogP) is 4.15. The molecule has 0 radical (unpaired) electrons. The summed E-state index contributed by atoms with van der Waals surface area (Å²) in [7, 11) is 0. The molecule has 0 bridgehead atoms. The summed E-state index contributed by atoms with van der Waals surface area (Å²) in [4.78, 5) is 12.3. The number of nitrogens with zero attached hydrogens (tertiary/aromatic N) is 2. The number of anilines is 1. The van der Waals surface area contributed by atoms with E-state index < -0.39 is 0 Å². The van der Waals surface area contributed by atoms with E-state index in [0.717, 1.165) is 22.0 Å². The van der Waals surface area contributed by atoms with E-state index in [-0.39, 0.29) is 5.91 Å². The molecule has 0 atom stereocenters. The van der Waals surface area contributed by atoms with Crippen LogP contribution in [0.4, 0.5) is 17.1 Å². The van der Waals surface area contributed by atoms with Crippen molar-refractivity contribution in [3.63, 3.8) is 0 Å². The Balaban J connectivity index is 1.83. The lowest BCUT2D eigenvalue weighted by atomic mass is 10.3. The van der Waals surface area contributed by atoms with E-state index >= 15 is 0 Å². The van der Waals surface area contributed by atoms with Crippen LogP contribution in [0.15, 0.2) is 63.7 Å². The third-order valence-electron chi connectivity index (χ3n) is 2.64. The molecule has 2 aromatic carbocycles. The second-order valence-electron chi connectivity index (χ2n) is 4.05. The van der Waals surface area contributed by atoms with Crippen molar-refractivity contribution < 1.29 is 4.79 Å². The lowest BCUT2D eigenvalue weighted by Gasteiger charge is -2.15. The monoisotopic (exact) mass is 269 g/mol. The normalized spacial score (nSPS) is 14.2. The molecule has 1 heterocycles. The van der Waals surface area contributed by atoms with Gasteiger partial charge in [0.15, 0.2) is 0 Å². The molecular formula is C14H11N3OS. The summed E-state index contributed by atoms with van der Waals surface area (Å²) in [5, 5.41) is 11.2. The topological polar surface area (TPSA) is 53.8 Å². The highest BCUT2D eigenvalue weighted by Gasteiger charge is 2.15. The van der Waals surface area contributed by atoms with Crippen molar-refractivity contribution in [2.45, 2.75) is 4.90 Å². The smallest absolute Gasteiger partial charge is 0.234 e. The summed E-state index contributed by atoms with van der Waals surface area (Å²) < 4.78 is 0. The number of azo groups is 1. The molecule has 0 aliphatic carbocycles. The average molecular weight is 269 g/mol. The van der Waals surface area contributed by atoms with Crippen LogP contribution >= 0.6 is 11.8 Å². The maximum Gasteiger partial charge on any atom is 0.234 e. The number of hydrogen-bond acceptors (Lipinski definition) is 4. The summed E-state index contributed by atoms with van der Waals surface area (Å²) >= 11 is 1.52. The third kappa shape index (κ3) is 2.82. The molecule has 0 aromatic heterocycles. The molecule has 4 nitrogen and oxygen atoms in total. The van der Waals surface area contributed by atoms with Gasteiger partial charge < -0.3 is 5.32 Å². The van der Waals surface area contributed by atoms with Crippen LogP contribution in [0.5, 0.6) is 0 Å². The van der Waals surface area contributed by atoms with Gasteiger partial charge in [0, 0.05) is 4.90 Å². The van der Waals surface area contributed by atoms with E-state index in [1.807, 2.05) is 48.5 Å². The molecule has 1 aliphatic heterocycles. The van der Waals surface area contributed by atoms with Crippen LogP contribution in [-0.2, 0) is 4.79 Å². The molecule has 1 N–H and O–H groups in total.